The zero-order valence-electron chi connectivity index (χ0n) is 10.8. The van der Waals surface area contributed by atoms with Crippen molar-refractivity contribution >= 4 is 17.4 Å². The van der Waals surface area contributed by atoms with Crippen molar-refractivity contribution in [3.8, 4) is 0 Å². The molecule has 1 rings (SSSR count). The summed E-state index contributed by atoms with van der Waals surface area (Å²) < 4.78 is 4.80. The lowest BCUT2D eigenvalue weighted by atomic mass is 10.1. The molecule has 1 N–H and O–H groups in total. The van der Waals surface area contributed by atoms with E-state index in [1.54, 1.807) is 38.1 Å². The van der Waals surface area contributed by atoms with Crippen LogP contribution in [0.2, 0.25) is 0 Å². The van der Waals surface area contributed by atoms with Crippen molar-refractivity contribution in [2.45, 2.75) is 20.8 Å². The predicted molar refractivity (Wildman–Crippen MR) is 70.5 cm³/mol. The Morgan fingerprint density at radius 2 is 1.83 bits per heavy atom. The number of rotatable bonds is 5. The van der Waals surface area contributed by atoms with Gasteiger partial charge >= 0.3 is 5.97 Å². The van der Waals surface area contributed by atoms with Crippen molar-refractivity contribution in [3.63, 3.8) is 0 Å². The maximum atomic E-state index is 11.2. The lowest BCUT2D eigenvalue weighted by molar-refractivity contribution is -0.137. The van der Waals surface area contributed by atoms with E-state index in [4.69, 9.17) is 4.74 Å². The van der Waals surface area contributed by atoms with E-state index in [0.29, 0.717) is 17.9 Å². The molecule has 4 nitrogen and oxygen atoms in total. The molecule has 1 aromatic carbocycles. The second kappa shape index (κ2) is 6.59. The Balaban J connectivity index is 2.67. The van der Waals surface area contributed by atoms with Gasteiger partial charge in [0.25, 0.3) is 0 Å². The molecule has 0 aliphatic heterocycles. The first-order valence-electron chi connectivity index (χ1n) is 5.76. The summed E-state index contributed by atoms with van der Waals surface area (Å²) in [4.78, 5) is 22.3. The molecule has 96 valence electrons. The van der Waals surface area contributed by atoms with Crippen molar-refractivity contribution in [3.05, 3.63) is 41.6 Å². The SMILES string of the molecule is CCOC(=O)C=C(C)Nc1ccc(C(C)=O)cc1. The van der Waals surface area contributed by atoms with Gasteiger partial charge in [-0.05, 0) is 45.0 Å². The minimum Gasteiger partial charge on any atom is -0.463 e. The van der Waals surface area contributed by atoms with Crippen molar-refractivity contribution in [1.29, 1.82) is 0 Å². The van der Waals surface area contributed by atoms with Gasteiger partial charge in [-0.2, -0.15) is 0 Å². The fraction of sp³-hybridized carbons (Fsp3) is 0.286. The molecule has 0 spiro atoms. The molecule has 0 saturated carbocycles. The van der Waals surface area contributed by atoms with Crippen LogP contribution in [0.25, 0.3) is 0 Å². The number of ketones is 1. The van der Waals surface area contributed by atoms with Crippen LogP contribution < -0.4 is 5.32 Å². The van der Waals surface area contributed by atoms with E-state index in [-0.39, 0.29) is 11.8 Å². The van der Waals surface area contributed by atoms with Crippen molar-refractivity contribution in [2.75, 3.05) is 11.9 Å². The molecule has 0 aliphatic rings. The second-order valence-corrected chi connectivity index (χ2v) is 3.84. The molecule has 0 radical (unpaired) electrons. The van der Waals surface area contributed by atoms with Gasteiger partial charge in [0.05, 0.1) is 6.61 Å². The largest absolute Gasteiger partial charge is 0.463 e. The third-order valence-electron chi connectivity index (χ3n) is 2.25. The third-order valence-corrected chi connectivity index (χ3v) is 2.25. The van der Waals surface area contributed by atoms with Gasteiger partial charge in [-0.1, -0.05) is 0 Å². The highest BCUT2D eigenvalue weighted by Crippen LogP contribution is 2.12. The van der Waals surface area contributed by atoms with Gasteiger partial charge in [0.1, 0.15) is 0 Å². The first-order valence-corrected chi connectivity index (χ1v) is 5.76. The standard InChI is InChI=1S/C14H17NO3/c1-4-18-14(17)9-10(2)15-13-7-5-12(6-8-13)11(3)16/h5-9,15H,4H2,1-3H3. The van der Waals surface area contributed by atoms with E-state index in [1.165, 1.54) is 13.0 Å². The van der Waals surface area contributed by atoms with Crippen molar-refractivity contribution < 1.29 is 14.3 Å². The molecule has 0 bridgehead atoms. The molecule has 0 unspecified atom stereocenters. The molecule has 0 saturated heterocycles. The smallest absolute Gasteiger partial charge is 0.332 e. The molecule has 0 aliphatic carbocycles. The Kier molecular flexibility index (Phi) is 5.11. The highest BCUT2D eigenvalue weighted by molar-refractivity contribution is 5.94. The number of anilines is 1. The summed E-state index contributed by atoms with van der Waals surface area (Å²) in [5.41, 5.74) is 2.16. The molecule has 0 atom stereocenters. The molecule has 0 aromatic heterocycles. The second-order valence-electron chi connectivity index (χ2n) is 3.84. The molecular weight excluding hydrogens is 230 g/mol. The zero-order chi connectivity index (χ0) is 13.5. The number of carbonyl (C=O) groups excluding carboxylic acids is 2. The number of ether oxygens (including phenoxy) is 1. The van der Waals surface area contributed by atoms with Crippen LogP contribution in [0.1, 0.15) is 31.1 Å². The highest BCUT2D eigenvalue weighted by atomic mass is 16.5. The lowest BCUT2D eigenvalue weighted by Gasteiger charge is -2.07. The Morgan fingerprint density at radius 3 is 2.33 bits per heavy atom. The zero-order valence-corrected chi connectivity index (χ0v) is 10.8. The van der Waals surface area contributed by atoms with Gasteiger partial charge in [-0.3, -0.25) is 4.79 Å². The van der Waals surface area contributed by atoms with Crippen LogP contribution in [0.15, 0.2) is 36.0 Å². The molecule has 18 heavy (non-hydrogen) atoms. The number of benzene rings is 1. The summed E-state index contributed by atoms with van der Waals surface area (Å²) in [5.74, 6) is -0.344. The summed E-state index contributed by atoms with van der Waals surface area (Å²) in [6.45, 7) is 5.41. The predicted octanol–water partition coefficient (Wildman–Crippen LogP) is 2.77. The molecule has 0 fully saturated rings. The molecule has 0 heterocycles. The summed E-state index contributed by atoms with van der Waals surface area (Å²) >= 11 is 0. The lowest BCUT2D eigenvalue weighted by Crippen LogP contribution is -2.04. The molecule has 4 heteroatoms. The van der Waals surface area contributed by atoms with E-state index >= 15 is 0 Å². The number of nitrogens with one attached hydrogen (secondary N) is 1. The van der Waals surface area contributed by atoms with Gasteiger partial charge in [-0.15, -0.1) is 0 Å². The van der Waals surface area contributed by atoms with Crippen LogP contribution in [0.5, 0.6) is 0 Å². The van der Waals surface area contributed by atoms with Crippen molar-refractivity contribution in [2.24, 2.45) is 0 Å². The summed E-state index contributed by atoms with van der Waals surface area (Å²) in [6, 6.07) is 7.06. The van der Waals surface area contributed by atoms with E-state index in [2.05, 4.69) is 5.32 Å². The number of Topliss-reactive ketones (excluding diaryl/α,β-unsaturated/α-hetero) is 1. The molecule has 0 amide bonds. The van der Waals surface area contributed by atoms with Gasteiger partial charge in [0, 0.05) is 23.0 Å². The monoisotopic (exact) mass is 247 g/mol. The number of hydrogen-bond donors (Lipinski definition) is 1. The number of allylic oxidation sites excluding steroid dienone is 1. The Labute approximate surface area is 107 Å². The fourth-order valence-electron chi connectivity index (χ4n) is 1.41. The molecule has 1 aromatic rings. The third kappa shape index (κ3) is 4.41. The summed E-state index contributed by atoms with van der Waals surface area (Å²) in [7, 11) is 0. The van der Waals surface area contributed by atoms with Crippen LogP contribution in [-0.4, -0.2) is 18.4 Å². The summed E-state index contributed by atoms with van der Waals surface area (Å²) in [6.07, 6.45) is 1.39. The maximum Gasteiger partial charge on any atom is 0.332 e. The van der Waals surface area contributed by atoms with E-state index in [1.807, 2.05) is 0 Å². The van der Waals surface area contributed by atoms with Gasteiger partial charge in [0.2, 0.25) is 0 Å². The average molecular weight is 247 g/mol. The number of hydrogen-bond acceptors (Lipinski definition) is 4. The summed E-state index contributed by atoms with van der Waals surface area (Å²) in [5, 5.41) is 3.05. The van der Waals surface area contributed by atoms with Gasteiger partial charge in [-0.25, -0.2) is 4.79 Å². The highest BCUT2D eigenvalue weighted by Gasteiger charge is 2.01. The Hall–Kier alpha value is -2.10. The minimum absolute atomic E-state index is 0.0281. The normalized spacial score (nSPS) is 10.9. The minimum atomic E-state index is -0.372. The van der Waals surface area contributed by atoms with Crippen LogP contribution in [0.3, 0.4) is 0 Å². The van der Waals surface area contributed by atoms with Crippen LogP contribution in [-0.2, 0) is 9.53 Å². The maximum absolute atomic E-state index is 11.2. The van der Waals surface area contributed by atoms with E-state index in [0.717, 1.165) is 5.69 Å². The fourth-order valence-corrected chi connectivity index (χ4v) is 1.41. The molecular formula is C14H17NO3. The van der Waals surface area contributed by atoms with Gasteiger partial charge < -0.3 is 10.1 Å². The van der Waals surface area contributed by atoms with E-state index < -0.39 is 0 Å². The Bertz CT molecular complexity index is 460. The first-order chi connectivity index (χ1) is 8.52. The topological polar surface area (TPSA) is 55.4 Å². The quantitative estimate of drug-likeness (QED) is 0.494. The first kappa shape index (κ1) is 14.0. The Morgan fingerprint density at radius 1 is 1.22 bits per heavy atom. The van der Waals surface area contributed by atoms with Crippen LogP contribution in [0.4, 0.5) is 5.69 Å². The number of carbonyl (C=O) groups is 2. The van der Waals surface area contributed by atoms with Gasteiger partial charge in [0.15, 0.2) is 5.78 Å². The van der Waals surface area contributed by atoms with Crippen LogP contribution in [0, 0.1) is 0 Å². The van der Waals surface area contributed by atoms with E-state index in [9.17, 15) is 9.59 Å². The number of esters is 1. The van der Waals surface area contributed by atoms with Crippen molar-refractivity contribution in [1.82, 2.24) is 0 Å². The van der Waals surface area contributed by atoms with Crippen LogP contribution >= 0.6 is 0 Å². The average Bonchev–Trinajstić information content (AvgIpc) is 2.29.